The van der Waals surface area contributed by atoms with E-state index in [1.54, 1.807) is 11.8 Å². The molecule has 0 radical (unpaired) electrons. The minimum Gasteiger partial charge on any atom is -0.347 e. The molecule has 1 aliphatic heterocycles. The second-order valence-corrected chi connectivity index (χ2v) is 8.20. The molecule has 31 heavy (non-hydrogen) atoms. The SMILES string of the molecule is Cc1nc(N2CCN(Cc3ccccc3)C2=N)sc1C(=O)NCc1ccc(F)c(F)c1. The van der Waals surface area contributed by atoms with Crippen LogP contribution in [0, 0.1) is 24.0 Å². The summed E-state index contributed by atoms with van der Waals surface area (Å²) in [6.45, 7) is 3.78. The molecule has 9 heteroatoms. The average molecular weight is 442 g/mol. The monoisotopic (exact) mass is 441 g/mol. The van der Waals surface area contributed by atoms with E-state index in [-0.39, 0.29) is 12.5 Å². The van der Waals surface area contributed by atoms with E-state index in [1.807, 2.05) is 35.2 Å². The van der Waals surface area contributed by atoms with E-state index in [9.17, 15) is 13.6 Å². The normalized spacial score (nSPS) is 13.7. The zero-order valence-corrected chi connectivity index (χ0v) is 17.7. The first kappa shape index (κ1) is 20.9. The fourth-order valence-corrected chi connectivity index (χ4v) is 4.38. The number of aromatic nitrogens is 1. The molecular formula is C22H21F2N5OS. The highest BCUT2D eigenvalue weighted by Gasteiger charge is 2.29. The van der Waals surface area contributed by atoms with Crippen LogP contribution in [0.3, 0.4) is 0 Å². The number of halogens is 2. The lowest BCUT2D eigenvalue weighted by molar-refractivity contribution is 0.0954. The third-order valence-corrected chi connectivity index (χ3v) is 6.20. The van der Waals surface area contributed by atoms with Gasteiger partial charge in [-0.25, -0.2) is 13.8 Å². The molecule has 1 aliphatic rings. The standard InChI is InChI=1S/C22H21F2N5OS/c1-14-19(20(30)26-12-16-7-8-17(23)18(24)11-16)31-22(27-14)29-10-9-28(21(29)25)13-15-5-3-2-4-6-15/h2-8,11,25H,9-10,12-13H2,1H3,(H,26,30). The van der Waals surface area contributed by atoms with Gasteiger partial charge in [0, 0.05) is 26.2 Å². The summed E-state index contributed by atoms with van der Waals surface area (Å²) in [6.07, 6.45) is 0. The smallest absolute Gasteiger partial charge is 0.263 e. The highest BCUT2D eigenvalue weighted by atomic mass is 32.1. The fraction of sp³-hybridized carbons (Fsp3) is 0.227. The second-order valence-electron chi connectivity index (χ2n) is 7.22. The number of hydrogen-bond donors (Lipinski definition) is 2. The van der Waals surface area contributed by atoms with E-state index >= 15 is 0 Å². The van der Waals surface area contributed by atoms with Gasteiger partial charge in [0.25, 0.3) is 5.91 Å². The highest BCUT2D eigenvalue weighted by Crippen LogP contribution is 2.29. The molecule has 0 unspecified atom stereocenters. The number of thiazole rings is 1. The number of amides is 1. The molecule has 3 aromatic rings. The maximum absolute atomic E-state index is 13.3. The van der Waals surface area contributed by atoms with E-state index in [0.717, 1.165) is 17.7 Å². The Labute approximate surface area is 182 Å². The largest absolute Gasteiger partial charge is 0.347 e. The van der Waals surface area contributed by atoms with E-state index in [4.69, 9.17) is 5.41 Å². The van der Waals surface area contributed by atoms with Gasteiger partial charge in [-0.05, 0) is 30.2 Å². The maximum Gasteiger partial charge on any atom is 0.263 e. The van der Waals surface area contributed by atoms with Crippen molar-refractivity contribution in [3.63, 3.8) is 0 Å². The number of aryl methyl sites for hydroxylation is 1. The Bertz CT molecular complexity index is 1120. The van der Waals surface area contributed by atoms with Crippen LogP contribution in [0.2, 0.25) is 0 Å². The van der Waals surface area contributed by atoms with Gasteiger partial charge in [0.1, 0.15) is 4.88 Å². The number of carbonyl (C=O) groups is 1. The van der Waals surface area contributed by atoms with E-state index in [2.05, 4.69) is 10.3 Å². The molecule has 4 rings (SSSR count). The van der Waals surface area contributed by atoms with Crippen LogP contribution in [-0.4, -0.2) is 34.8 Å². The molecule has 2 N–H and O–H groups in total. The lowest BCUT2D eigenvalue weighted by atomic mass is 10.2. The van der Waals surface area contributed by atoms with E-state index < -0.39 is 11.6 Å². The van der Waals surface area contributed by atoms with Gasteiger partial charge in [0.15, 0.2) is 16.8 Å². The van der Waals surface area contributed by atoms with Gasteiger partial charge in [0.05, 0.1) is 5.69 Å². The Kier molecular flexibility index (Phi) is 5.94. The molecule has 1 aromatic heterocycles. The molecule has 6 nitrogen and oxygen atoms in total. The molecule has 0 saturated carbocycles. The summed E-state index contributed by atoms with van der Waals surface area (Å²) in [6, 6.07) is 13.5. The third-order valence-electron chi connectivity index (χ3n) is 5.02. The molecule has 160 valence electrons. The summed E-state index contributed by atoms with van der Waals surface area (Å²) >= 11 is 1.22. The van der Waals surface area contributed by atoms with Gasteiger partial charge >= 0.3 is 0 Å². The highest BCUT2D eigenvalue weighted by molar-refractivity contribution is 7.17. The van der Waals surface area contributed by atoms with Crippen molar-refractivity contribution in [1.29, 1.82) is 5.41 Å². The molecule has 0 bridgehead atoms. The number of benzene rings is 2. The molecular weight excluding hydrogens is 420 g/mol. The lowest BCUT2D eigenvalue weighted by Crippen LogP contribution is -2.32. The van der Waals surface area contributed by atoms with Gasteiger partial charge < -0.3 is 10.2 Å². The van der Waals surface area contributed by atoms with Crippen LogP contribution in [0.5, 0.6) is 0 Å². The Morgan fingerprint density at radius 2 is 1.90 bits per heavy atom. The molecule has 1 saturated heterocycles. The Morgan fingerprint density at radius 3 is 2.65 bits per heavy atom. The third kappa shape index (κ3) is 4.56. The molecule has 0 atom stereocenters. The molecule has 1 fully saturated rings. The van der Waals surface area contributed by atoms with Crippen molar-refractivity contribution in [3.8, 4) is 0 Å². The summed E-state index contributed by atoms with van der Waals surface area (Å²) in [4.78, 5) is 21.3. The van der Waals surface area contributed by atoms with Crippen LogP contribution in [0.25, 0.3) is 0 Å². The number of anilines is 1. The van der Waals surface area contributed by atoms with Gasteiger partial charge in [0.2, 0.25) is 5.96 Å². The predicted molar refractivity (Wildman–Crippen MR) is 116 cm³/mol. The van der Waals surface area contributed by atoms with Gasteiger partial charge in [-0.2, -0.15) is 0 Å². The molecule has 2 aromatic carbocycles. The van der Waals surface area contributed by atoms with Crippen molar-refractivity contribution in [2.45, 2.75) is 20.0 Å². The zero-order valence-electron chi connectivity index (χ0n) is 16.9. The van der Waals surface area contributed by atoms with Crippen molar-refractivity contribution >= 4 is 28.3 Å². The Morgan fingerprint density at radius 1 is 1.13 bits per heavy atom. The number of rotatable bonds is 6. The summed E-state index contributed by atoms with van der Waals surface area (Å²) < 4.78 is 26.4. The van der Waals surface area contributed by atoms with E-state index in [0.29, 0.717) is 46.9 Å². The van der Waals surface area contributed by atoms with Crippen LogP contribution >= 0.6 is 11.3 Å². The topological polar surface area (TPSA) is 72.3 Å². The average Bonchev–Trinajstić information content (AvgIpc) is 3.32. The summed E-state index contributed by atoms with van der Waals surface area (Å²) in [7, 11) is 0. The number of nitrogens with one attached hydrogen (secondary N) is 2. The summed E-state index contributed by atoms with van der Waals surface area (Å²) in [5, 5.41) is 11.8. The fourth-order valence-electron chi connectivity index (χ4n) is 3.37. The Hall–Kier alpha value is -3.33. The lowest BCUT2D eigenvalue weighted by Gasteiger charge is -2.20. The van der Waals surface area contributed by atoms with Crippen LogP contribution < -0.4 is 10.2 Å². The first-order valence-electron chi connectivity index (χ1n) is 9.77. The summed E-state index contributed by atoms with van der Waals surface area (Å²) in [5.41, 5.74) is 2.16. The number of carbonyl (C=O) groups excluding carboxylic acids is 1. The maximum atomic E-state index is 13.3. The minimum atomic E-state index is -0.949. The molecule has 1 amide bonds. The number of hydrogen-bond acceptors (Lipinski definition) is 4. The van der Waals surface area contributed by atoms with Crippen molar-refractivity contribution in [3.05, 3.63) is 81.9 Å². The van der Waals surface area contributed by atoms with Gasteiger partial charge in [-0.1, -0.05) is 47.7 Å². The quantitative estimate of drug-likeness (QED) is 0.608. The molecule has 0 spiro atoms. The van der Waals surface area contributed by atoms with Crippen molar-refractivity contribution < 1.29 is 13.6 Å². The van der Waals surface area contributed by atoms with Crippen molar-refractivity contribution in [2.24, 2.45) is 0 Å². The van der Waals surface area contributed by atoms with Crippen molar-refractivity contribution in [2.75, 3.05) is 18.0 Å². The number of nitrogens with zero attached hydrogens (tertiary/aromatic N) is 3. The second kappa shape index (κ2) is 8.81. The molecule has 2 heterocycles. The first-order chi connectivity index (χ1) is 14.9. The van der Waals surface area contributed by atoms with E-state index in [1.165, 1.54) is 17.4 Å². The minimum absolute atomic E-state index is 0.0765. The number of guanidine groups is 1. The van der Waals surface area contributed by atoms with Crippen LogP contribution in [0.1, 0.15) is 26.5 Å². The van der Waals surface area contributed by atoms with Gasteiger partial charge in [-0.15, -0.1) is 0 Å². The Balaban J connectivity index is 1.41. The summed E-state index contributed by atoms with van der Waals surface area (Å²) in [5.74, 6) is -1.85. The van der Waals surface area contributed by atoms with Crippen LogP contribution in [0.4, 0.5) is 13.9 Å². The predicted octanol–water partition coefficient (Wildman–Crippen LogP) is 3.92. The first-order valence-corrected chi connectivity index (χ1v) is 10.6. The zero-order chi connectivity index (χ0) is 22.0. The molecule has 0 aliphatic carbocycles. The van der Waals surface area contributed by atoms with Crippen LogP contribution in [-0.2, 0) is 13.1 Å². The van der Waals surface area contributed by atoms with Crippen LogP contribution in [0.15, 0.2) is 48.5 Å². The van der Waals surface area contributed by atoms with Crippen molar-refractivity contribution in [1.82, 2.24) is 15.2 Å². The van der Waals surface area contributed by atoms with Gasteiger partial charge in [-0.3, -0.25) is 15.1 Å².